The Morgan fingerprint density at radius 3 is 2.13 bits per heavy atom. The summed E-state index contributed by atoms with van der Waals surface area (Å²) < 4.78 is 27.0. The first-order chi connectivity index (χ1) is 10.8. The quantitative estimate of drug-likeness (QED) is 0.469. The molecule has 0 aromatic heterocycles. The standard InChI is InChI=1S/C15H9Cl2NO4S/c16-15(17,14(19)22-12-4-2-1-3-5-12)23(20,21)13-8-6-11(10-18)7-9-13/h1-9H. The molecule has 0 aliphatic carbocycles. The average Bonchev–Trinajstić information content (AvgIpc) is 2.55. The van der Waals surface area contributed by atoms with E-state index in [1.807, 2.05) is 6.07 Å². The van der Waals surface area contributed by atoms with Crippen LogP contribution in [0.5, 0.6) is 5.75 Å². The average molecular weight is 370 g/mol. The summed E-state index contributed by atoms with van der Waals surface area (Å²) in [6, 6.07) is 14.5. The lowest BCUT2D eigenvalue weighted by molar-refractivity contribution is -0.133. The van der Waals surface area contributed by atoms with Crippen molar-refractivity contribution in [3.63, 3.8) is 0 Å². The zero-order valence-corrected chi connectivity index (χ0v) is 13.8. The van der Waals surface area contributed by atoms with Gasteiger partial charge in [0.25, 0.3) is 0 Å². The van der Waals surface area contributed by atoms with Crippen molar-refractivity contribution >= 4 is 39.0 Å². The minimum atomic E-state index is -4.44. The fourth-order valence-corrected chi connectivity index (χ4v) is 3.28. The van der Waals surface area contributed by atoms with Crippen LogP contribution < -0.4 is 4.74 Å². The lowest BCUT2D eigenvalue weighted by Crippen LogP contribution is -2.38. The smallest absolute Gasteiger partial charge is 0.364 e. The van der Waals surface area contributed by atoms with E-state index in [1.165, 1.54) is 24.3 Å². The molecule has 118 valence electrons. The first-order valence-electron chi connectivity index (χ1n) is 6.19. The summed E-state index contributed by atoms with van der Waals surface area (Å²) in [5.41, 5.74) is 0.255. The molecule has 8 heteroatoms. The fraction of sp³-hybridized carbons (Fsp3) is 0.0667. The van der Waals surface area contributed by atoms with Gasteiger partial charge in [0.1, 0.15) is 5.75 Å². The minimum Gasteiger partial charge on any atom is -0.424 e. The summed E-state index contributed by atoms with van der Waals surface area (Å²) in [6.07, 6.45) is 0. The van der Waals surface area contributed by atoms with Crippen LogP contribution in [-0.2, 0) is 14.6 Å². The maximum Gasteiger partial charge on any atom is 0.364 e. The molecule has 23 heavy (non-hydrogen) atoms. The number of nitriles is 1. The van der Waals surface area contributed by atoms with Crippen LogP contribution in [0, 0.1) is 11.3 Å². The number of benzene rings is 2. The molecular formula is C15H9Cl2NO4S. The maximum atomic E-state index is 12.4. The van der Waals surface area contributed by atoms with Gasteiger partial charge in [-0.25, -0.2) is 13.2 Å². The van der Waals surface area contributed by atoms with Crippen LogP contribution in [0.4, 0.5) is 0 Å². The van der Waals surface area contributed by atoms with Crippen LogP contribution in [-0.4, -0.2) is 18.1 Å². The Hall–Kier alpha value is -2.07. The molecule has 0 saturated heterocycles. The van der Waals surface area contributed by atoms with E-state index in [4.69, 9.17) is 33.2 Å². The highest BCUT2D eigenvalue weighted by atomic mass is 35.5. The summed E-state index contributed by atoms with van der Waals surface area (Å²) >= 11 is 11.5. The van der Waals surface area contributed by atoms with Crippen LogP contribution in [0.1, 0.15) is 5.56 Å². The molecule has 0 atom stereocenters. The number of esters is 1. The maximum absolute atomic E-state index is 12.4. The Balaban J connectivity index is 2.32. The van der Waals surface area contributed by atoms with Crippen LogP contribution in [0.2, 0.25) is 0 Å². The second-order valence-electron chi connectivity index (χ2n) is 4.36. The molecule has 0 aliphatic heterocycles. The van der Waals surface area contributed by atoms with Gasteiger partial charge in [-0.15, -0.1) is 0 Å². The minimum absolute atomic E-state index is 0.109. The van der Waals surface area contributed by atoms with Gasteiger partial charge < -0.3 is 4.74 Å². The second kappa shape index (κ2) is 6.59. The van der Waals surface area contributed by atoms with Gasteiger partial charge in [0.05, 0.1) is 16.5 Å². The number of carbonyl (C=O) groups excluding carboxylic acids is 1. The van der Waals surface area contributed by atoms with Crippen LogP contribution in [0.3, 0.4) is 0 Å². The van der Waals surface area contributed by atoms with Gasteiger partial charge in [-0.2, -0.15) is 5.26 Å². The van der Waals surface area contributed by atoms with Gasteiger partial charge in [-0.1, -0.05) is 41.4 Å². The van der Waals surface area contributed by atoms with Crippen molar-refractivity contribution in [1.29, 1.82) is 5.26 Å². The van der Waals surface area contributed by atoms with Gasteiger partial charge in [-0.05, 0) is 36.4 Å². The molecule has 2 rings (SSSR count). The predicted molar refractivity (Wildman–Crippen MR) is 84.9 cm³/mol. The molecule has 0 amide bonds. The number of nitrogens with zero attached hydrogens (tertiary/aromatic N) is 1. The summed E-state index contributed by atoms with van der Waals surface area (Å²) in [5.74, 6) is -1.23. The van der Waals surface area contributed by atoms with E-state index in [2.05, 4.69) is 0 Å². The molecule has 2 aromatic rings. The molecule has 0 radical (unpaired) electrons. The summed E-state index contributed by atoms with van der Waals surface area (Å²) in [6.45, 7) is 0. The Morgan fingerprint density at radius 1 is 1.04 bits per heavy atom. The number of para-hydroxylation sites is 1. The van der Waals surface area contributed by atoms with Gasteiger partial charge in [0.15, 0.2) is 0 Å². The number of sulfone groups is 1. The highest BCUT2D eigenvalue weighted by Gasteiger charge is 2.50. The number of ether oxygens (including phenoxy) is 1. The third-order valence-corrected chi connectivity index (χ3v) is 6.08. The van der Waals surface area contributed by atoms with Gasteiger partial charge in [0.2, 0.25) is 9.84 Å². The molecule has 0 spiro atoms. The van der Waals surface area contributed by atoms with Crippen molar-refractivity contribution in [3.8, 4) is 11.8 Å². The molecular weight excluding hydrogens is 361 g/mol. The Bertz CT molecular complexity index is 857. The lowest BCUT2D eigenvalue weighted by atomic mass is 10.2. The number of hydrogen-bond acceptors (Lipinski definition) is 5. The van der Waals surface area contributed by atoms with Crippen molar-refractivity contribution in [2.75, 3.05) is 0 Å². The van der Waals surface area contributed by atoms with Gasteiger partial charge in [0, 0.05) is 0 Å². The van der Waals surface area contributed by atoms with Gasteiger partial charge in [-0.3, -0.25) is 0 Å². The molecule has 2 aromatic carbocycles. The van der Waals surface area contributed by atoms with E-state index >= 15 is 0 Å². The zero-order chi connectivity index (χ0) is 17.1. The second-order valence-corrected chi connectivity index (χ2v) is 8.23. The van der Waals surface area contributed by atoms with Crippen LogP contribution in [0.15, 0.2) is 59.5 Å². The largest absolute Gasteiger partial charge is 0.424 e. The zero-order valence-electron chi connectivity index (χ0n) is 11.4. The first kappa shape index (κ1) is 17.3. The molecule has 0 bridgehead atoms. The van der Waals surface area contributed by atoms with Crippen molar-refractivity contribution in [3.05, 3.63) is 60.2 Å². The monoisotopic (exact) mass is 369 g/mol. The summed E-state index contributed by atoms with van der Waals surface area (Å²) in [7, 11) is -4.44. The third-order valence-electron chi connectivity index (χ3n) is 2.82. The number of alkyl halides is 2. The highest BCUT2D eigenvalue weighted by Crippen LogP contribution is 2.35. The van der Waals surface area contributed by atoms with E-state index < -0.39 is 19.5 Å². The van der Waals surface area contributed by atoms with Crippen LogP contribution in [0.25, 0.3) is 0 Å². The van der Waals surface area contributed by atoms with Crippen LogP contribution >= 0.6 is 23.2 Å². The number of rotatable bonds is 4. The SMILES string of the molecule is N#Cc1ccc(S(=O)(=O)C(Cl)(Cl)C(=O)Oc2ccccc2)cc1. The molecule has 0 aliphatic rings. The first-order valence-corrected chi connectivity index (χ1v) is 8.43. The van der Waals surface area contributed by atoms with Crippen molar-refractivity contribution in [2.45, 2.75) is 8.56 Å². The molecule has 0 unspecified atom stereocenters. The van der Waals surface area contributed by atoms with Crippen molar-refractivity contribution < 1.29 is 17.9 Å². The highest BCUT2D eigenvalue weighted by molar-refractivity contribution is 7.96. The molecule has 0 saturated carbocycles. The number of hydrogen-bond donors (Lipinski definition) is 0. The van der Waals surface area contributed by atoms with E-state index in [-0.39, 0.29) is 16.2 Å². The molecule has 5 nitrogen and oxygen atoms in total. The number of halogens is 2. The molecule has 0 heterocycles. The fourth-order valence-electron chi connectivity index (χ4n) is 1.62. The van der Waals surface area contributed by atoms with E-state index in [1.54, 1.807) is 18.2 Å². The third kappa shape index (κ3) is 3.48. The normalized spacial score (nSPS) is 11.5. The van der Waals surface area contributed by atoms with Crippen molar-refractivity contribution in [1.82, 2.24) is 0 Å². The Labute approximate surface area is 142 Å². The number of carbonyl (C=O) groups is 1. The Morgan fingerprint density at radius 2 is 1.61 bits per heavy atom. The van der Waals surface area contributed by atoms with E-state index in [0.29, 0.717) is 0 Å². The summed E-state index contributed by atoms with van der Waals surface area (Å²) in [5, 5.41) is 8.72. The topological polar surface area (TPSA) is 84.2 Å². The molecule has 0 fully saturated rings. The Kier molecular flexibility index (Phi) is 4.95. The van der Waals surface area contributed by atoms with Crippen molar-refractivity contribution in [2.24, 2.45) is 0 Å². The van der Waals surface area contributed by atoms with E-state index in [0.717, 1.165) is 12.1 Å². The lowest BCUT2D eigenvalue weighted by Gasteiger charge is -2.18. The summed E-state index contributed by atoms with van der Waals surface area (Å²) in [4.78, 5) is 11.8. The van der Waals surface area contributed by atoms with Gasteiger partial charge >= 0.3 is 9.63 Å². The predicted octanol–water partition coefficient (Wildman–Crippen LogP) is 3.07. The molecule has 0 N–H and O–H groups in total. The van der Waals surface area contributed by atoms with E-state index in [9.17, 15) is 13.2 Å².